The summed E-state index contributed by atoms with van der Waals surface area (Å²) >= 11 is 0. The number of hydrogen-bond donors (Lipinski definition) is 0. The Kier molecular flexibility index (Phi) is 4.40. The average molecular weight is 280 g/mol. The topological polar surface area (TPSA) is 51.2 Å². The van der Waals surface area contributed by atoms with E-state index >= 15 is 0 Å². The van der Waals surface area contributed by atoms with Crippen molar-refractivity contribution in [2.45, 2.75) is 38.5 Å². The molecule has 0 amide bonds. The molecule has 0 bridgehead atoms. The lowest BCUT2D eigenvalue weighted by atomic mass is 9.94. The molecule has 0 aromatic heterocycles. The van der Waals surface area contributed by atoms with Crippen LogP contribution in [0.2, 0.25) is 0 Å². The highest BCUT2D eigenvalue weighted by Gasteiger charge is 2.27. The first kappa shape index (κ1) is 14.3. The zero-order valence-corrected chi connectivity index (χ0v) is 12.1. The third-order valence-corrected chi connectivity index (χ3v) is 5.63. The minimum atomic E-state index is -2.95. The standard InChI is InChI=1S/C15H20O3S/c1-2-19(17,18)11-5-8-15(16)14-10-9-12-6-3-4-7-13(12)14/h3-4,6-7,14H,2,5,8-11H2,1H3. The van der Waals surface area contributed by atoms with Crippen LogP contribution >= 0.6 is 0 Å². The van der Waals surface area contributed by atoms with Crippen molar-refractivity contribution in [1.82, 2.24) is 0 Å². The Hall–Kier alpha value is -1.16. The van der Waals surface area contributed by atoms with Gasteiger partial charge in [-0.1, -0.05) is 31.2 Å². The highest BCUT2D eigenvalue weighted by Crippen LogP contribution is 2.34. The van der Waals surface area contributed by atoms with Gasteiger partial charge in [-0.2, -0.15) is 0 Å². The molecule has 1 aromatic rings. The summed E-state index contributed by atoms with van der Waals surface area (Å²) in [5.74, 6) is 0.466. The number of rotatable bonds is 6. The Morgan fingerprint density at radius 2 is 2.05 bits per heavy atom. The molecule has 0 aliphatic heterocycles. The van der Waals surface area contributed by atoms with Gasteiger partial charge in [-0.25, -0.2) is 8.42 Å². The molecular weight excluding hydrogens is 260 g/mol. The van der Waals surface area contributed by atoms with Crippen molar-refractivity contribution in [3.05, 3.63) is 35.4 Å². The van der Waals surface area contributed by atoms with Crippen molar-refractivity contribution >= 4 is 15.6 Å². The van der Waals surface area contributed by atoms with Crippen LogP contribution < -0.4 is 0 Å². The largest absolute Gasteiger partial charge is 0.299 e. The van der Waals surface area contributed by atoms with Gasteiger partial charge >= 0.3 is 0 Å². The minimum Gasteiger partial charge on any atom is -0.299 e. The molecule has 0 heterocycles. The van der Waals surface area contributed by atoms with E-state index in [9.17, 15) is 13.2 Å². The van der Waals surface area contributed by atoms with Crippen LogP contribution in [0.3, 0.4) is 0 Å². The number of benzene rings is 1. The van der Waals surface area contributed by atoms with Gasteiger partial charge in [0.25, 0.3) is 0 Å². The summed E-state index contributed by atoms with van der Waals surface area (Å²) < 4.78 is 22.8. The molecule has 104 valence electrons. The molecule has 3 nitrogen and oxygen atoms in total. The Bertz CT molecular complexity index is 561. The summed E-state index contributed by atoms with van der Waals surface area (Å²) in [7, 11) is -2.95. The molecule has 2 rings (SSSR count). The van der Waals surface area contributed by atoms with Crippen molar-refractivity contribution in [2.75, 3.05) is 11.5 Å². The third kappa shape index (κ3) is 3.44. The molecule has 1 aromatic carbocycles. The van der Waals surface area contributed by atoms with E-state index in [0.717, 1.165) is 18.4 Å². The molecule has 0 radical (unpaired) electrons. The molecule has 1 atom stereocenters. The van der Waals surface area contributed by atoms with Gasteiger partial charge in [-0.15, -0.1) is 0 Å². The first-order chi connectivity index (χ1) is 9.03. The van der Waals surface area contributed by atoms with Gasteiger partial charge in [0.15, 0.2) is 0 Å². The van der Waals surface area contributed by atoms with Crippen molar-refractivity contribution in [2.24, 2.45) is 0 Å². The van der Waals surface area contributed by atoms with E-state index < -0.39 is 9.84 Å². The second kappa shape index (κ2) is 5.87. The summed E-state index contributed by atoms with van der Waals surface area (Å²) in [6.45, 7) is 1.64. The summed E-state index contributed by atoms with van der Waals surface area (Å²) in [5.41, 5.74) is 2.41. The SMILES string of the molecule is CCS(=O)(=O)CCCC(=O)C1CCc2ccccc21. The van der Waals surface area contributed by atoms with Crippen LogP contribution in [-0.2, 0) is 21.1 Å². The van der Waals surface area contributed by atoms with E-state index in [1.165, 1.54) is 5.56 Å². The predicted molar refractivity (Wildman–Crippen MR) is 76.1 cm³/mol. The maximum Gasteiger partial charge on any atom is 0.150 e. The number of carbonyl (C=O) groups excluding carboxylic acids is 1. The van der Waals surface area contributed by atoms with E-state index in [1.807, 2.05) is 18.2 Å². The predicted octanol–water partition coefficient (Wildman–Crippen LogP) is 2.50. The number of aryl methyl sites for hydroxylation is 1. The molecule has 1 aliphatic rings. The molecule has 0 saturated heterocycles. The third-order valence-electron chi connectivity index (χ3n) is 3.84. The first-order valence-corrected chi connectivity index (χ1v) is 8.66. The Morgan fingerprint density at radius 3 is 2.79 bits per heavy atom. The van der Waals surface area contributed by atoms with E-state index in [-0.39, 0.29) is 23.2 Å². The molecular formula is C15H20O3S. The van der Waals surface area contributed by atoms with Gasteiger partial charge in [0.1, 0.15) is 15.6 Å². The monoisotopic (exact) mass is 280 g/mol. The van der Waals surface area contributed by atoms with Gasteiger partial charge in [0.05, 0.1) is 5.75 Å². The highest BCUT2D eigenvalue weighted by atomic mass is 32.2. The van der Waals surface area contributed by atoms with Crippen LogP contribution in [0.15, 0.2) is 24.3 Å². The van der Waals surface area contributed by atoms with Crippen LogP contribution in [0.25, 0.3) is 0 Å². The van der Waals surface area contributed by atoms with Crippen LogP contribution in [0.1, 0.15) is 43.2 Å². The molecule has 1 unspecified atom stereocenters. The van der Waals surface area contributed by atoms with Gasteiger partial charge in [-0.05, 0) is 30.4 Å². The number of fused-ring (bicyclic) bond motifs is 1. The lowest BCUT2D eigenvalue weighted by Gasteiger charge is -2.10. The fourth-order valence-electron chi connectivity index (χ4n) is 2.68. The average Bonchev–Trinajstić information content (AvgIpc) is 2.82. The fourth-order valence-corrected chi connectivity index (χ4v) is 3.55. The minimum absolute atomic E-state index is 0.0134. The van der Waals surface area contributed by atoms with Gasteiger partial charge < -0.3 is 0 Å². The fraction of sp³-hybridized carbons (Fsp3) is 0.533. The number of ketones is 1. The van der Waals surface area contributed by atoms with Gasteiger partial charge in [0, 0.05) is 18.1 Å². The van der Waals surface area contributed by atoms with Crippen LogP contribution in [0.4, 0.5) is 0 Å². The van der Waals surface area contributed by atoms with Crippen molar-refractivity contribution in [3.63, 3.8) is 0 Å². The molecule has 0 N–H and O–H groups in total. The summed E-state index contributed by atoms with van der Waals surface area (Å²) in [6, 6.07) is 8.06. The molecule has 1 aliphatic carbocycles. The van der Waals surface area contributed by atoms with Crippen LogP contribution in [0.5, 0.6) is 0 Å². The van der Waals surface area contributed by atoms with Crippen molar-refractivity contribution < 1.29 is 13.2 Å². The van der Waals surface area contributed by atoms with Gasteiger partial charge in [0.2, 0.25) is 0 Å². The molecule has 0 fully saturated rings. The van der Waals surface area contributed by atoms with Crippen LogP contribution in [0, 0.1) is 0 Å². The lowest BCUT2D eigenvalue weighted by Crippen LogP contribution is -2.13. The van der Waals surface area contributed by atoms with Crippen molar-refractivity contribution in [1.29, 1.82) is 0 Å². The Labute approximate surface area is 114 Å². The van der Waals surface area contributed by atoms with E-state index in [1.54, 1.807) is 6.92 Å². The number of hydrogen-bond acceptors (Lipinski definition) is 3. The maximum atomic E-state index is 12.2. The first-order valence-electron chi connectivity index (χ1n) is 6.84. The quantitative estimate of drug-likeness (QED) is 0.804. The lowest BCUT2D eigenvalue weighted by molar-refractivity contribution is -0.120. The van der Waals surface area contributed by atoms with E-state index in [2.05, 4.69) is 6.07 Å². The Morgan fingerprint density at radius 1 is 1.32 bits per heavy atom. The summed E-state index contributed by atoms with van der Waals surface area (Å²) in [6.07, 6.45) is 2.66. The van der Waals surface area contributed by atoms with Gasteiger partial charge in [-0.3, -0.25) is 4.79 Å². The molecule has 0 spiro atoms. The number of Topliss-reactive ketones (excluding diaryl/α,β-unsaturated/α-hetero) is 1. The second-order valence-corrected chi connectivity index (χ2v) is 7.57. The van der Waals surface area contributed by atoms with Crippen molar-refractivity contribution in [3.8, 4) is 0 Å². The maximum absolute atomic E-state index is 12.2. The zero-order chi connectivity index (χ0) is 13.9. The highest BCUT2D eigenvalue weighted by molar-refractivity contribution is 7.91. The van der Waals surface area contributed by atoms with E-state index in [0.29, 0.717) is 12.8 Å². The Balaban J connectivity index is 1.92. The van der Waals surface area contributed by atoms with Crippen LogP contribution in [-0.4, -0.2) is 25.7 Å². The zero-order valence-electron chi connectivity index (χ0n) is 11.3. The molecule has 0 saturated carbocycles. The smallest absolute Gasteiger partial charge is 0.150 e. The molecule has 4 heteroatoms. The normalized spacial score (nSPS) is 18.3. The second-order valence-electron chi connectivity index (χ2n) is 5.10. The summed E-state index contributed by atoms with van der Waals surface area (Å²) in [5, 5.41) is 0. The van der Waals surface area contributed by atoms with E-state index in [4.69, 9.17) is 0 Å². The number of sulfone groups is 1. The number of carbonyl (C=O) groups is 1. The summed E-state index contributed by atoms with van der Waals surface area (Å²) in [4.78, 5) is 12.2. The molecule has 19 heavy (non-hydrogen) atoms.